The summed E-state index contributed by atoms with van der Waals surface area (Å²) in [6.07, 6.45) is 3.28. The summed E-state index contributed by atoms with van der Waals surface area (Å²) in [5.41, 5.74) is 2.43. The second kappa shape index (κ2) is 17.0. The van der Waals surface area contributed by atoms with Crippen LogP contribution in [0.1, 0.15) is 36.7 Å². The van der Waals surface area contributed by atoms with Gasteiger partial charge in [-0.1, -0.05) is 23.7 Å². The van der Waals surface area contributed by atoms with Crippen molar-refractivity contribution >= 4 is 47.5 Å². The molecule has 1 aliphatic heterocycles. The molecular formula is C30H39Cl2N3O5. The molecule has 3 rings (SSSR count). The Kier molecular flexibility index (Phi) is 14.2. The van der Waals surface area contributed by atoms with Gasteiger partial charge in [0.15, 0.2) is 0 Å². The van der Waals surface area contributed by atoms with E-state index in [-0.39, 0.29) is 36.9 Å². The van der Waals surface area contributed by atoms with Crippen LogP contribution in [0.2, 0.25) is 5.02 Å². The summed E-state index contributed by atoms with van der Waals surface area (Å²) in [6.45, 7) is 10.3. The average molecular weight is 593 g/mol. The van der Waals surface area contributed by atoms with E-state index in [1.807, 2.05) is 30.9 Å². The second-order valence-electron chi connectivity index (χ2n) is 9.55. The topological polar surface area (TPSA) is 79.4 Å². The highest BCUT2D eigenvalue weighted by atomic mass is 35.5. The number of benzene rings is 2. The van der Waals surface area contributed by atoms with Crippen LogP contribution < -0.4 is 4.90 Å². The molecule has 40 heavy (non-hydrogen) atoms. The normalized spacial score (nSPS) is 13.8. The summed E-state index contributed by atoms with van der Waals surface area (Å²) in [5.74, 6) is -0.971. The maximum atomic E-state index is 13.2. The van der Waals surface area contributed by atoms with Crippen molar-refractivity contribution in [3.63, 3.8) is 0 Å². The van der Waals surface area contributed by atoms with E-state index in [2.05, 4.69) is 17.0 Å². The Bertz CT molecular complexity index is 1120. The third-order valence-electron chi connectivity index (χ3n) is 6.40. The highest BCUT2D eigenvalue weighted by Crippen LogP contribution is 2.18. The molecule has 8 nitrogen and oxygen atoms in total. The number of carbonyl (C=O) groups is 3. The van der Waals surface area contributed by atoms with E-state index in [1.165, 1.54) is 16.5 Å². The van der Waals surface area contributed by atoms with Crippen molar-refractivity contribution in [2.45, 2.75) is 33.3 Å². The molecule has 0 aliphatic carbocycles. The maximum absolute atomic E-state index is 13.2. The molecule has 2 amide bonds. The van der Waals surface area contributed by atoms with Gasteiger partial charge in [0.05, 0.1) is 19.3 Å². The van der Waals surface area contributed by atoms with Gasteiger partial charge in [0.1, 0.15) is 0 Å². The third kappa shape index (κ3) is 10.6. The Morgan fingerprint density at radius 3 is 2.23 bits per heavy atom. The fourth-order valence-corrected chi connectivity index (χ4v) is 4.37. The predicted molar refractivity (Wildman–Crippen MR) is 160 cm³/mol. The number of rotatable bonds is 12. The quantitative estimate of drug-likeness (QED) is 0.264. The molecule has 2 aromatic carbocycles. The van der Waals surface area contributed by atoms with Crippen LogP contribution in [0.5, 0.6) is 0 Å². The van der Waals surface area contributed by atoms with E-state index in [0.29, 0.717) is 37.5 Å². The van der Waals surface area contributed by atoms with E-state index in [9.17, 15) is 14.4 Å². The third-order valence-corrected chi connectivity index (χ3v) is 6.65. The Morgan fingerprint density at radius 2 is 1.62 bits per heavy atom. The first-order valence-electron chi connectivity index (χ1n) is 13.4. The predicted octanol–water partition coefficient (Wildman–Crippen LogP) is 4.64. The zero-order valence-corrected chi connectivity index (χ0v) is 25.0. The number of hydrogen-bond donors (Lipinski definition) is 0. The molecular weight excluding hydrogens is 553 g/mol. The number of hydrogen-bond acceptors (Lipinski definition) is 6. The summed E-state index contributed by atoms with van der Waals surface area (Å²) in [6, 6.07) is 14.9. The average Bonchev–Trinajstić information content (AvgIpc) is 2.94. The fraction of sp³-hybridized carbons (Fsp3) is 0.433. The molecule has 10 heteroatoms. The number of nitrogens with zero attached hydrogens (tertiary/aromatic N) is 3. The minimum atomic E-state index is -0.574. The van der Waals surface area contributed by atoms with E-state index in [1.54, 1.807) is 31.2 Å². The SMILES string of the molecule is CCOC(=O)/C=C/C(=O)N(CCOC(C)C)c1ccc(C(=O)N2CCN(CCc3ccc(Cl)cc3)CC2)cc1.Cl. The van der Waals surface area contributed by atoms with Crippen molar-refractivity contribution in [1.29, 1.82) is 0 Å². The minimum Gasteiger partial charge on any atom is -0.463 e. The van der Waals surface area contributed by atoms with Gasteiger partial charge in [-0.05, 0) is 69.2 Å². The zero-order valence-electron chi connectivity index (χ0n) is 23.4. The minimum absolute atomic E-state index is 0. The molecule has 1 fully saturated rings. The number of amides is 2. The van der Waals surface area contributed by atoms with Crippen LogP contribution in [-0.2, 0) is 25.5 Å². The molecule has 1 aliphatic rings. The van der Waals surface area contributed by atoms with Crippen molar-refractivity contribution in [3.05, 3.63) is 76.8 Å². The lowest BCUT2D eigenvalue weighted by molar-refractivity contribution is -0.137. The summed E-state index contributed by atoms with van der Waals surface area (Å²) < 4.78 is 10.5. The monoisotopic (exact) mass is 591 g/mol. The number of esters is 1. The molecule has 0 unspecified atom stereocenters. The molecule has 0 aromatic heterocycles. The van der Waals surface area contributed by atoms with Crippen LogP contribution in [0.25, 0.3) is 0 Å². The Labute approximate surface area is 248 Å². The van der Waals surface area contributed by atoms with Crippen LogP contribution in [0.3, 0.4) is 0 Å². The first-order valence-corrected chi connectivity index (χ1v) is 13.8. The van der Waals surface area contributed by atoms with Gasteiger partial charge in [0.2, 0.25) is 0 Å². The standard InChI is InChI=1S/C30H38ClN3O5.ClH/c1-4-38-29(36)14-13-28(35)34(21-22-39-23(2)3)27-11-7-25(8-12-27)30(37)33-19-17-32(18-20-33)16-15-24-5-9-26(31)10-6-24;/h5-14,23H,4,15-22H2,1-3H3;1H/b14-13+;. The Balaban J connectivity index is 0.00000560. The van der Waals surface area contributed by atoms with Gasteiger partial charge in [0, 0.05) is 67.7 Å². The molecule has 1 saturated heterocycles. The van der Waals surface area contributed by atoms with Gasteiger partial charge in [-0.2, -0.15) is 0 Å². The lowest BCUT2D eigenvalue weighted by Gasteiger charge is -2.35. The van der Waals surface area contributed by atoms with Gasteiger partial charge < -0.3 is 19.3 Å². The smallest absolute Gasteiger partial charge is 0.330 e. The molecule has 0 radical (unpaired) electrons. The van der Waals surface area contributed by atoms with Crippen molar-refractivity contribution in [2.24, 2.45) is 0 Å². The summed E-state index contributed by atoms with van der Waals surface area (Å²) >= 11 is 5.97. The molecule has 0 spiro atoms. The van der Waals surface area contributed by atoms with E-state index < -0.39 is 5.97 Å². The fourth-order valence-electron chi connectivity index (χ4n) is 4.25. The lowest BCUT2D eigenvalue weighted by atomic mass is 10.1. The summed E-state index contributed by atoms with van der Waals surface area (Å²) in [4.78, 5) is 43.4. The van der Waals surface area contributed by atoms with Crippen LogP contribution in [0.4, 0.5) is 5.69 Å². The number of halogens is 2. The largest absolute Gasteiger partial charge is 0.463 e. The molecule has 0 saturated carbocycles. The maximum Gasteiger partial charge on any atom is 0.330 e. The number of carbonyl (C=O) groups excluding carboxylic acids is 3. The molecule has 1 heterocycles. The highest BCUT2D eigenvalue weighted by molar-refractivity contribution is 6.30. The molecule has 0 N–H and O–H groups in total. The zero-order chi connectivity index (χ0) is 28.2. The number of ether oxygens (including phenoxy) is 2. The van der Waals surface area contributed by atoms with Crippen molar-refractivity contribution in [3.8, 4) is 0 Å². The van der Waals surface area contributed by atoms with Crippen LogP contribution in [0, 0.1) is 0 Å². The van der Waals surface area contributed by atoms with Gasteiger partial charge in [-0.3, -0.25) is 14.5 Å². The first kappa shape index (κ1) is 33.3. The van der Waals surface area contributed by atoms with E-state index in [4.69, 9.17) is 21.1 Å². The van der Waals surface area contributed by atoms with Crippen LogP contribution in [-0.4, -0.2) is 86.2 Å². The van der Waals surface area contributed by atoms with Crippen LogP contribution in [0.15, 0.2) is 60.7 Å². The van der Waals surface area contributed by atoms with Crippen molar-refractivity contribution < 1.29 is 23.9 Å². The molecule has 218 valence electrons. The molecule has 0 atom stereocenters. The van der Waals surface area contributed by atoms with Crippen LogP contribution >= 0.6 is 24.0 Å². The van der Waals surface area contributed by atoms with Gasteiger partial charge in [-0.15, -0.1) is 12.4 Å². The Morgan fingerprint density at radius 1 is 0.975 bits per heavy atom. The lowest BCUT2D eigenvalue weighted by Crippen LogP contribution is -2.49. The van der Waals surface area contributed by atoms with Crippen molar-refractivity contribution in [1.82, 2.24) is 9.80 Å². The van der Waals surface area contributed by atoms with Gasteiger partial charge >= 0.3 is 5.97 Å². The van der Waals surface area contributed by atoms with E-state index >= 15 is 0 Å². The summed E-state index contributed by atoms with van der Waals surface area (Å²) in [7, 11) is 0. The highest BCUT2D eigenvalue weighted by Gasteiger charge is 2.22. The molecule has 0 bridgehead atoms. The molecule has 2 aromatic rings. The number of anilines is 1. The number of piperazine rings is 1. The van der Waals surface area contributed by atoms with Gasteiger partial charge in [-0.25, -0.2) is 4.79 Å². The summed E-state index contributed by atoms with van der Waals surface area (Å²) in [5, 5.41) is 0.740. The second-order valence-corrected chi connectivity index (χ2v) is 9.99. The van der Waals surface area contributed by atoms with Gasteiger partial charge in [0.25, 0.3) is 11.8 Å². The van der Waals surface area contributed by atoms with E-state index in [0.717, 1.165) is 37.2 Å². The first-order chi connectivity index (χ1) is 18.8. The Hall–Kier alpha value is -2.91. The van der Waals surface area contributed by atoms with Crippen molar-refractivity contribution in [2.75, 3.05) is 57.4 Å².